The largest absolute Gasteiger partial charge is 0.457 e. The Morgan fingerprint density at radius 2 is 1.71 bits per heavy atom. The molecule has 4 aromatic rings. The Bertz CT molecular complexity index is 1290. The monoisotopic (exact) mass is 436 g/mol. The maximum Gasteiger partial charge on any atom is 0.251 e. The number of para-hydroxylation sites is 1. The maximum atomic E-state index is 12.3. The van der Waals surface area contributed by atoms with Crippen molar-refractivity contribution < 1.29 is 17.9 Å². The van der Waals surface area contributed by atoms with Crippen molar-refractivity contribution in [2.75, 3.05) is 17.0 Å². The molecule has 158 valence electrons. The molecule has 4 rings (SSSR count). The van der Waals surface area contributed by atoms with Gasteiger partial charge in [-0.3, -0.25) is 9.52 Å². The Morgan fingerprint density at radius 3 is 2.48 bits per heavy atom. The lowest BCUT2D eigenvalue weighted by molar-refractivity contribution is 0.0956. The molecule has 0 saturated carbocycles. The lowest BCUT2D eigenvalue weighted by Crippen LogP contribution is -2.31. The van der Waals surface area contributed by atoms with Crippen LogP contribution < -0.4 is 14.8 Å². The van der Waals surface area contributed by atoms with Crippen molar-refractivity contribution in [3.63, 3.8) is 0 Å². The average molecular weight is 436 g/mol. The molecule has 2 aromatic heterocycles. The Labute approximate surface area is 179 Å². The number of benzene rings is 2. The lowest BCUT2D eigenvalue weighted by Gasteiger charge is -2.10. The van der Waals surface area contributed by atoms with E-state index in [0.29, 0.717) is 22.7 Å². The zero-order chi connectivity index (χ0) is 21.7. The first-order valence-corrected chi connectivity index (χ1v) is 11.2. The number of carbonyl (C=O) groups excluding carboxylic acids is 1. The van der Waals surface area contributed by atoms with Crippen molar-refractivity contribution in [3.05, 3.63) is 90.8 Å². The third-order valence-corrected chi connectivity index (χ3v) is 5.71. The molecule has 2 heterocycles. The van der Waals surface area contributed by atoms with Crippen LogP contribution in [0.3, 0.4) is 0 Å². The van der Waals surface area contributed by atoms with Crippen LogP contribution in [-0.4, -0.2) is 36.2 Å². The van der Waals surface area contributed by atoms with Crippen molar-refractivity contribution in [3.8, 4) is 11.5 Å². The number of carbonyl (C=O) groups is 1. The summed E-state index contributed by atoms with van der Waals surface area (Å²) in [7, 11) is -3.62. The highest BCUT2D eigenvalue weighted by atomic mass is 32.2. The third-order valence-electron chi connectivity index (χ3n) is 4.42. The van der Waals surface area contributed by atoms with Crippen LogP contribution >= 0.6 is 0 Å². The van der Waals surface area contributed by atoms with E-state index in [4.69, 9.17) is 4.74 Å². The first kappa shape index (κ1) is 20.4. The molecule has 2 aromatic carbocycles. The van der Waals surface area contributed by atoms with E-state index in [1.54, 1.807) is 59.4 Å². The fraction of sp³-hybridized carbons (Fsp3) is 0.0909. The van der Waals surface area contributed by atoms with Crippen molar-refractivity contribution in [1.29, 1.82) is 0 Å². The summed E-state index contributed by atoms with van der Waals surface area (Å²) in [6.45, 7) is -0.0225. The molecule has 0 aliphatic rings. The summed E-state index contributed by atoms with van der Waals surface area (Å²) >= 11 is 0. The van der Waals surface area contributed by atoms with Gasteiger partial charge in [0.1, 0.15) is 11.5 Å². The summed E-state index contributed by atoms with van der Waals surface area (Å²) < 4.78 is 34.5. The van der Waals surface area contributed by atoms with E-state index in [9.17, 15) is 13.2 Å². The lowest BCUT2D eigenvalue weighted by atomic mass is 10.2. The van der Waals surface area contributed by atoms with E-state index in [0.717, 1.165) is 5.52 Å². The quantitative estimate of drug-likeness (QED) is 0.441. The molecule has 0 spiro atoms. The number of pyridine rings is 1. The van der Waals surface area contributed by atoms with Gasteiger partial charge in [-0.25, -0.2) is 12.9 Å². The number of anilines is 1. The maximum absolute atomic E-state index is 12.3. The van der Waals surface area contributed by atoms with Crippen LogP contribution in [0.1, 0.15) is 10.4 Å². The summed E-state index contributed by atoms with van der Waals surface area (Å²) in [5, 5.41) is 6.69. The molecule has 0 aliphatic heterocycles. The fourth-order valence-electron chi connectivity index (χ4n) is 2.92. The Morgan fingerprint density at radius 1 is 0.968 bits per heavy atom. The fourth-order valence-corrected chi connectivity index (χ4v) is 3.87. The van der Waals surface area contributed by atoms with Crippen molar-refractivity contribution in [2.45, 2.75) is 0 Å². The smallest absolute Gasteiger partial charge is 0.251 e. The Kier molecular flexibility index (Phi) is 5.85. The van der Waals surface area contributed by atoms with E-state index >= 15 is 0 Å². The van der Waals surface area contributed by atoms with Crippen LogP contribution in [0.15, 0.2) is 85.2 Å². The molecule has 0 bridgehead atoms. The Hall–Kier alpha value is -3.85. The van der Waals surface area contributed by atoms with Crippen LogP contribution in [-0.2, 0) is 10.0 Å². The number of nitrogens with zero attached hydrogens (tertiary/aromatic N) is 2. The van der Waals surface area contributed by atoms with Crippen LogP contribution in [0.25, 0.3) is 5.52 Å². The zero-order valence-corrected chi connectivity index (χ0v) is 17.2. The number of nitrogens with one attached hydrogen (secondary N) is 2. The topological polar surface area (TPSA) is 102 Å². The van der Waals surface area contributed by atoms with E-state index < -0.39 is 10.0 Å². The summed E-state index contributed by atoms with van der Waals surface area (Å²) in [5.74, 6) is 0.690. The van der Waals surface area contributed by atoms with Crippen molar-refractivity contribution in [1.82, 2.24) is 14.9 Å². The second kappa shape index (κ2) is 8.88. The average Bonchev–Trinajstić information content (AvgIpc) is 3.22. The number of hydrogen-bond acceptors (Lipinski definition) is 5. The van der Waals surface area contributed by atoms with Crippen LogP contribution in [0.2, 0.25) is 0 Å². The minimum Gasteiger partial charge on any atom is -0.457 e. The molecule has 1 amide bonds. The van der Waals surface area contributed by atoms with Gasteiger partial charge in [0, 0.05) is 24.5 Å². The Balaban J connectivity index is 1.28. The summed E-state index contributed by atoms with van der Waals surface area (Å²) in [6.07, 6.45) is 3.30. The molecule has 9 heteroatoms. The number of sulfonamides is 1. The minimum absolute atomic E-state index is 0.0225. The van der Waals surface area contributed by atoms with Gasteiger partial charge in [0.05, 0.1) is 17.0 Å². The summed E-state index contributed by atoms with van der Waals surface area (Å²) in [5.41, 5.74) is 1.62. The highest BCUT2D eigenvalue weighted by molar-refractivity contribution is 7.92. The molecule has 2 N–H and O–H groups in total. The predicted molar refractivity (Wildman–Crippen MR) is 118 cm³/mol. The molecule has 0 radical (unpaired) electrons. The second-order valence-electron chi connectivity index (χ2n) is 6.73. The minimum atomic E-state index is -3.62. The van der Waals surface area contributed by atoms with E-state index in [-0.39, 0.29) is 18.2 Å². The molecule has 0 unspecified atom stereocenters. The molecular weight excluding hydrogens is 416 g/mol. The van der Waals surface area contributed by atoms with Gasteiger partial charge in [0.2, 0.25) is 10.0 Å². The normalized spacial score (nSPS) is 11.2. The van der Waals surface area contributed by atoms with Gasteiger partial charge in [-0.05, 0) is 54.6 Å². The van der Waals surface area contributed by atoms with Gasteiger partial charge in [-0.1, -0.05) is 18.2 Å². The highest BCUT2D eigenvalue weighted by Crippen LogP contribution is 2.21. The van der Waals surface area contributed by atoms with Crippen molar-refractivity contribution >= 4 is 27.1 Å². The second-order valence-corrected chi connectivity index (χ2v) is 8.57. The molecule has 0 aliphatic carbocycles. The highest BCUT2D eigenvalue weighted by Gasteiger charge is 2.13. The molecule has 8 nitrogen and oxygen atoms in total. The van der Waals surface area contributed by atoms with E-state index in [1.807, 2.05) is 30.3 Å². The van der Waals surface area contributed by atoms with Gasteiger partial charge in [-0.2, -0.15) is 5.10 Å². The first-order chi connectivity index (χ1) is 15.0. The number of fused-ring (bicyclic) bond motifs is 1. The van der Waals surface area contributed by atoms with Crippen LogP contribution in [0.4, 0.5) is 5.69 Å². The van der Waals surface area contributed by atoms with Gasteiger partial charge in [0.15, 0.2) is 0 Å². The van der Waals surface area contributed by atoms with Crippen molar-refractivity contribution in [2.24, 2.45) is 0 Å². The van der Waals surface area contributed by atoms with Gasteiger partial charge >= 0.3 is 0 Å². The molecule has 31 heavy (non-hydrogen) atoms. The molecular formula is C22H20N4O4S. The van der Waals surface area contributed by atoms with E-state index in [1.165, 1.54) is 0 Å². The SMILES string of the molecule is O=C(NCCS(=O)(=O)Nc1ccn2nccc2c1)c1ccc(Oc2ccccc2)cc1. The number of rotatable bonds is 8. The molecule has 0 atom stereocenters. The standard InChI is InChI=1S/C22H20N4O4S/c27-22(17-6-8-21(9-7-17)30-20-4-2-1-3-5-20)23-13-15-31(28,29)25-18-11-14-26-19(16-18)10-12-24-26/h1-12,14,16,25H,13,15H2,(H,23,27). The first-order valence-electron chi connectivity index (χ1n) is 9.54. The number of aromatic nitrogens is 2. The molecule has 0 saturated heterocycles. The third kappa shape index (κ3) is 5.40. The predicted octanol–water partition coefficient (Wildman–Crippen LogP) is 3.30. The van der Waals surface area contributed by atoms with Gasteiger partial charge in [0.25, 0.3) is 5.91 Å². The van der Waals surface area contributed by atoms with Gasteiger partial charge in [-0.15, -0.1) is 0 Å². The summed E-state index contributed by atoms with van der Waals surface area (Å²) in [4.78, 5) is 12.3. The van der Waals surface area contributed by atoms with Crippen LogP contribution in [0, 0.1) is 0 Å². The van der Waals surface area contributed by atoms with Gasteiger partial charge < -0.3 is 10.1 Å². The number of amides is 1. The number of hydrogen-bond donors (Lipinski definition) is 2. The summed E-state index contributed by atoms with van der Waals surface area (Å²) in [6, 6.07) is 21.0. The zero-order valence-electron chi connectivity index (χ0n) is 16.4. The molecule has 0 fully saturated rings. The van der Waals surface area contributed by atoms with Crippen LogP contribution in [0.5, 0.6) is 11.5 Å². The van der Waals surface area contributed by atoms with E-state index in [2.05, 4.69) is 15.1 Å². The number of ether oxygens (including phenoxy) is 1.